The minimum atomic E-state index is -5.71. The van der Waals surface area contributed by atoms with Crippen LogP contribution >= 0.6 is 0 Å². The first-order chi connectivity index (χ1) is 12.2. The summed E-state index contributed by atoms with van der Waals surface area (Å²) < 4.78 is 70.0. The zero-order chi connectivity index (χ0) is 18.9. The molecule has 0 fully saturated rings. The van der Waals surface area contributed by atoms with Gasteiger partial charge in [0.15, 0.2) is 0 Å². The van der Waals surface area contributed by atoms with Gasteiger partial charge >= 0.3 is 15.6 Å². The lowest BCUT2D eigenvalue weighted by atomic mass is 9.81. The van der Waals surface area contributed by atoms with E-state index in [4.69, 9.17) is 4.74 Å². The molecule has 3 rings (SSSR count). The summed E-state index contributed by atoms with van der Waals surface area (Å²) in [5.74, 6) is 0.230. The van der Waals surface area contributed by atoms with Crippen LogP contribution in [0.3, 0.4) is 0 Å². The molecule has 0 saturated heterocycles. The Hall–Kier alpha value is -2.22. The maximum Gasteiger partial charge on any atom is 0.534 e. The Labute approximate surface area is 149 Å². The van der Waals surface area contributed by atoms with E-state index in [-0.39, 0.29) is 17.6 Å². The first-order valence-corrected chi connectivity index (χ1v) is 9.39. The van der Waals surface area contributed by atoms with Crippen LogP contribution in [0, 0.1) is 5.92 Å². The van der Waals surface area contributed by atoms with Crippen LogP contribution in [0.2, 0.25) is 0 Å². The number of rotatable bonds is 4. The predicted molar refractivity (Wildman–Crippen MR) is 89.6 cm³/mol. The molecular weight excluding hydrogens is 369 g/mol. The molecule has 0 bridgehead atoms. The molecule has 1 heterocycles. The number of halogens is 3. The average molecular weight is 386 g/mol. The fraction of sp³-hybridized carbons (Fsp3) is 0.333. The van der Waals surface area contributed by atoms with Gasteiger partial charge in [0.25, 0.3) is 0 Å². The molecule has 0 amide bonds. The third-order valence-electron chi connectivity index (χ3n) is 4.36. The molecule has 8 heteroatoms. The SMILES string of the molecule is CC1COc2ccc(OS(=O)(=O)C(F)(F)F)cc2C1Cc1ccccc1. The van der Waals surface area contributed by atoms with E-state index in [0.717, 1.165) is 11.6 Å². The van der Waals surface area contributed by atoms with E-state index in [2.05, 4.69) is 4.18 Å². The van der Waals surface area contributed by atoms with Crippen molar-refractivity contribution in [3.63, 3.8) is 0 Å². The molecule has 2 atom stereocenters. The van der Waals surface area contributed by atoms with E-state index < -0.39 is 15.6 Å². The van der Waals surface area contributed by atoms with Crippen molar-refractivity contribution in [3.05, 3.63) is 59.7 Å². The summed E-state index contributed by atoms with van der Waals surface area (Å²) in [7, 11) is -5.71. The quantitative estimate of drug-likeness (QED) is 0.582. The second-order valence-electron chi connectivity index (χ2n) is 6.27. The standard InChI is InChI=1S/C18H17F3O4S/c1-12-11-24-17-8-7-14(25-26(22,23)18(19,20)21)10-16(17)15(12)9-13-5-3-2-4-6-13/h2-8,10,12,15H,9,11H2,1H3. The predicted octanol–water partition coefficient (Wildman–Crippen LogP) is 4.27. The summed E-state index contributed by atoms with van der Waals surface area (Å²) >= 11 is 0. The topological polar surface area (TPSA) is 52.6 Å². The highest BCUT2D eigenvalue weighted by Crippen LogP contribution is 2.41. The zero-order valence-corrected chi connectivity index (χ0v) is 14.7. The minimum absolute atomic E-state index is 0.0294. The Balaban J connectivity index is 1.93. The number of alkyl halides is 3. The van der Waals surface area contributed by atoms with Crippen molar-refractivity contribution < 1.29 is 30.5 Å². The van der Waals surface area contributed by atoms with Gasteiger partial charge in [-0.05, 0) is 42.0 Å². The van der Waals surface area contributed by atoms with Crippen LogP contribution in [0.25, 0.3) is 0 Å². The lowest BCUT2D eigenvalue weighted by Gasteiger charge is -2.32. The Morgan fingerprint density at radius 2 is 1.85 bits per heavy atom. The van der Waals surface area contributed by atoms with Gasteiger partial charge in [-0.25, -0.2) is 0 Å². The summed E-state index contributed by atoms with van der Waals surface area (Å²) in [4.78, 5) is 0. The van der Waals surface area contributed by atoms with Crippen molar-refractivity contribution in [2.75, 3.05) is 6.61 Å². The van der Waals surface area contributed by atoms with Crippen LogP contribution in [0.5, 0.6) is 11.5 Å². The molecule has 4 nitrogen and oxygen atoms in total. The van der Waals surface area contributed by atoms with Gasteiger partial charge in [0, 0.05) is 5.56 Å². The normalized spacial score (nSPS) is 20.2. The van der Waals surface area contributed by atoms with Crippen molar-refractivity contribution in [3.8, 4) is 11.5 Å². The molecule has 0 N–H and O–H groups in total. The van der Waals surface area contributed by atoms with Gasteiger partial charge in [0.1, 0.15) is 11.5 Å². The second-order valence-corrected chi connectivity index (χ2v) is 7.81. The van der Waals surface area contributed by atoms with Gasteiger partial charge in [0.05, 0.1) is 6.61 Å². The second kappa shape index (κ2) is 6.83. The van der Waals surface area contributed by atoms with E-state index >= 15 is 0 Å². The molecular formula is C18H17F3O4S. The lowest BCUT2D eigenvalue weighted by molar-refractivity contribution is -0.0500. The molecule has 2 unspecified atom stereocenters. The van der Waals surface area contributed by atoms with Gasteiger partial charge < -0.3 is 8.92 Å². The largest absolute Gasteiger partial charge is 0.534 e. The van der Waals surface area contributed by atoms with Crippen molar-refractivity contribution in [1.29, 1.82) is 0 Å². The van der Waals surface area contributed by atoms with Gasteiger partial charge in [-0.2, -0.15) is 21.6 Å². The third kappa shape index (κ3) is 3.80. The van der Waals surface area contributed by atoms with E-state index in [1.54, 1.807) is 0 Å². The molecule has 0 aliphatic carbocycles. The lowest BCUT2D eigenvalue weighted by Crippen LogP contribution is -2.28. The molecule has 0 saturated carbocycles. The molecule has 2 aromatic rings. The van der Waals surface area contributed by atoms with Crippen LogP contribution < -0.4 is 8.92 Å². The maximum absolute atomic E-state index is 12.5. The fourth-order valence-corrected chi connectivity index (χ4v) is 3.45. The summed E-state index contributed by atoms with van der Waals surface area (Å²) in [5.41, 5.74) is -3.76. The van der Waals surface area contributed by atoms with Gasteiger partial charge in [-0.15, -0.1) is 0 Å². The smallest absolute Gasteiger partial charge is 0.493 e. The molecule has 140 valence electrons. The Bertz CT molecular complexity index is 879. The molecule has 1 aliphatic rings. The summed E-state index contributed by atoms with van der Waals surface area (Å²) in [6.07, 6.45) is 0.661. The van der Waals surface area contributed by atoms with Gasteiger partial charge in [-0.1, -0.05) is 37.3 Å². The highest BCUT2D eigenvalue weighted by atomic mass is 32.2. The van der Waals surface area contributed by atoms with Gasteiger partial charge in [0.2, 0.25) is 0 Å². The van der Waals surface area contributed by atoms with Crippen molar-refractivity contribution >= 4 is 10.1 Å². The van der Waals surface area contributed by atoms with Crippen LogP contribution in [0.1, 0.15) is 24.0 Å². The molecule has 26 heavy (non-hydrogen) atoms. The first-order valence-electron chi connectivity index (χ1n) is 7.99. The maximum atomic E-state index is 12.5. The number of fused-ring (bicyclic) bond motifs is 1. The highest BCUT2D eigenvalue weighted by Gasteiger charge is 2.48. The summed E-state index contributed by atoms with van der Waals surface area (Å²) in [6.45, 7) is 2.46. The molecule has 0 radical (unpaired) electrons. The summed E-state index contributed by atoms with van der Waals surface area (Å²) in [5, 5.41) is 0. The van der Waals surface area contributed by atoms with Crippen LogP contribution in [0.4, 0.5) is 13.2 Å². The van der Waals surface area contributed by atoms with Crippen molar-refractivity contribution in [2.45, 2.75) is 24.8 Å². The summed E-state index contributed by atoms with van der Waals surface area (Å²) in [6, 6.07) is 13.6. The molecule has 0 spiro atoms. The minimum Gasteiger partial charge on any atom is -0.493 e. The Morgan fingerprint density at radius 3 is 2.50 bits per heavy atom. The van der Waals surface area contributed by atoms with E-state index in [0.29, 0.717) is 24.3 Å². The number of hydrogen-bond acceptors (Lipinski definition) is 4. The number of hydrogen-bond donors (Lipinski definition) is 0. The van der Waals surface area contributed by atoms with Crippen LogP contribution in [0.15, 0.2) is 48.5 Å². The van der Waals surface area contributed by atoms with Crippen LogP contribution in [-0.4, -0.2) is 20.5 Å². The molecule has 0 aromatic heterocycles. The molecule has 1 aliphatic heterocycles. The Kier molecular flexibility index (Phi) is 4.88. The number of benzene rings is 2. The first kappa shape index (κ1) is 18.6. The van der Waals surface area contributed by atoms with Crippen molar-refractivity contribution in [1.82, 2.24) is 0 Å². The van der Waals surface area contributed by atoms with Crippen molar-refractivity contribution in [2.24, 2.45) is 5.92 Å². The highest BCUT2D eigenvalue weighted by molar-refractivity contribution is 7.88. The third-order valence-corrected chi connectivity index (χ3v) is 5.34. The van der Waals surface area contributed by atoms with Gasteiger partial charge in [-0.3, -0.25) is 0 Å². The van der Waals surface area contributed by atoms with E-state index in [1.807, 2.05) is 37.3 Å². The van der Waals surface area contributed by atoms with Crippen LogP contribution in [-0.2, 0) is 16.5 Å². The number of ether oxygens (including phenoxy) is 1. The Morgan fingerprint density at radius 1 is 1.15 bits per heavy atom. The fourth-order valence-electron chi connectivity index (χ4n) is 3.00. The zero-order valence-electron chi connectivity index (χ0n) is 13.9. The molecule has 2 aromatic carbocycles. The average Bonchev–Trinajstić information content (AvgIpc) is 2.57. The monoisotopic (exact) mass is 386 g/mol. The van der Waals surface area contributed by atoms with E-state index in [1.165, 1.54) is 12.1 Å². The van der Waals surface area contributed by atoms with E-state index in [9.17, 15) is 21.6 Å².